The van der Waals surface area contributed by atoms with Crippen molar-refractivity contribution in [3.8, 4) is 5.75 Å². The summed E-state index contributed by atoms with van der Waals surface area (Å²) in [7, 11) is 1.55. The molecule has 17 heavy (non-hydrogen) atoms. The number of hydrogen-bond acceptors (Lipinski definition) is 4. The number of hydrogen-bond donors (Lipinski definition) is 2. The van der Waals surface area contributed by atoms with Crippen LogP contribution in [0.4, 0.5) is 0 Å². The van der Waals surface area contributed by atoms with Crippen molar-refractivity contribution >= 4 is 11.7 Å². The topological polar surface area (TPSA) is 75.6 Å². The summed E-state index contributed by atoms with van der Waals surface area (Å²) in [4.78, 5) is 22.8. The molecule has 90 valence electrons. The van der Waals surface area contributed by atoms with Crippen molar-refractivity contribution in [1.29, 1.82) is 0 Å². The number of amides is 1. The molecule has 5 nitrogen and oxygen atoms in total. The number of nitrogens with one attached hydrogen (secondary N) is 1. The van der Waals surface area contributed by atoms with Crippen LogP contribution in [0.1, 0.15) is 34.7 Å². The van der Waals surface area contributed by atoms with Crippen molar-refractivity contribution in [3.63, 3.8) is 0 Å². The molecule has 0 saturated carbocycles. The molecule has 1 aromatic rings. The van der Waals surface area contributed by atoms with Gasteiger partial charge in [-0.15, -0.1) is 0 Å². The minimum absolute atomic E-state index is 0.0263. The number of ketones is 1. The second-order valence-corrected chi connectivity index (χ2v) is 4.02. The van der Waals surface area contributed by atoms with Crippen molar-refractivity contribution in [2.75, 3.05) is 7.11 Å². The Hall–Kier alpha value is -1.88. The maximum Gasteiger partial charge on any atom is 0.243 e. The zero-order valence-corrected chi connectivity index (χ0v) is 9.40. The van der Waals surface area contributed by atoms with Crippen LogP contribution in [0.5, 0.6) is 5.75 Å². The summed E-state index contributed by atoms with van der Waals surface area (Å²) in [6.45, 7) is 0. The molecule has 1 aliphatic rings. The zero-order valence-electron chi connectivity index (χ0n) is 9.40. The van der Waals surface area contributed by atoms with Crippen molar-refractivity contribution < 1.29 is 19.5 Å². The van der Waals surface area contributed by atoms with Gasteiger partial charge in [-0.2, -0.15) is 0 Å². The van der Waals surface area contributed by atoms with Gasteiger partial charge in [0.2, 0.25) is 5.91 Å². The molecule has 2 rings (SSSR count). The second kappa shape index (κ2) is 4.55. The van der Waals surface area contributed by atoms with Crippen LogP contribution in [-0.4, -0.2) is 24.0 Å². The zero-order chi connectivity index (χ0) is 12.4. The first-order valence-electron chi connectivity index (χ1n) is 5.29. The first kappa shape index (κ1) is 11.6. The van der Waals surface area contributed by atoms with Gasteiger partial charge in [-0.05, 0) is 23.8 Å². The SMILES string of the molecule is COc1ccc2c(c1)C(CC(=O)NO)CC2=O. The summed E-state index contributed by atoms with van der Waals surface area (Å²) < 4.78 is 5.09. The van der Waals surface area contributed by atoms with Crippen LogP contribution in [0, 0.1) is 0 Å². The molecular formula is C12H13NO4. The van der Waals surface area contributed by atoms with Gasteiger partial charge >= 0.3 is 0 Å². The van der Waals surface area contributed by atoms with Crippen molar-refractivity contribution in [3.05, 3.63) is 29.3 Å². The summed E-state index contributed by atoms with van der Waals surface area (Å²) in [5, 5.41) is 8.50. The molecule has 0 heterocycles. The van der Waals surface area contributed by atoms with E-state index in [1.54, 1.807) is 30.8 Å². The van der Waals surface area contributed by atoms with Crippen LogP contribution < -0.4 is 10.2 Å². The fourth-order valence-corrected chi connectivity index (χ4v) is 2.15. The number of carbonyl (C=O) groups excluding carboxylic acids is 2. The number of rotatable bonds is 3. The Balaban J connectivity index is 2.31. The summed E-state index contributed by atoms with van der Waals surface area (Å²) in [5.41, 5.74) is 3.04. The fourth-order valence-electron chi connectivity index (χ4n) is 2.15. The smallest absolute Gasteiger partial charge is 0.243 e. The average molecular weight is 235 g/mol. The van der Waals surface area contributed by atoms with Crippen molar-refractivity contribution in [1.82, 2.24) is 5.48 Å². The van der Waals surface area contributed by atoms with E-state index in [9.17, 15) is 9.59 Å². The number of fused-ring (bicyclic) bond motifs is 1. The van der Waals surface area contributed by atoms with Crippen LogP contribution in [0.2, 0.25) is 0 Å². The van der Waals surface area contributed by atoms with E-state index in [1.807, 2.05) is 0 Å². The number of hydroxylamine groups is 1. The Bertz CT molecular complexity index is 470. The maximum atomic E-state index is 11.7. The lowest BCUT2D eigenvalue weighted by Crippen LogP contribution is -2.20. The van der Waals surface area contributed by atoms with Gasteiger partial charge in [0.05, 0.1) is 7.11 Å². The molecule has 0 aliphatic heterocycles. The van der Waals surface area contributed by atoms with E-state index in [2.05, 4.69) is 0 Å². The molecule has 5 heteroatoms. The highest BCUT2D eigenvalue weighted by atomic mass is 16.5. The molecule has 0 saturated heterocycles. The van der Waals surface area contributed by atoms with Gasteiger partial charge in [0.1, 0.15) is 5.75 Å². The molecule has 2 N–H and O–H groups in total. The monoisotopic (exact) mass is 235 g/mol. The molecule has 0 spiro atoms. The number of ether oxygens (including phenoxy) is 1. The van der Waals surface area contributed by atoms with E-state index in [4.69, 9.17) is 9.94 Å². The number of carbonyl (C=O) groups is 2. The third kappa shape index (κ3) is 2.14. The highest BCUT2D eigenvalue weighted by Gasteiger charge is 2.31. The molecule has 1 aliphatic carbocycles. The van der Waals surface area contributed by atoms with Crippen LogP contribution in [-0.2, 0) is 4.79 Å². The summed E-state index contributed by atoms with van der Waals surface area (Å²) >= 11 is 0. The van der Waals surface area contributed by atoms with E-state index in [0.29, 0.717) is 17.7 Å². The molecule has 1 aromatic carbocycles. The van der Waals surface area contributed by atoms with Gasteiger partial charge in [0.15, 0.2) is 5.78 Å². The van der Waals surface area contributed by atoms with E-state index in [1.165, 1.54) is 0 Å². The Kier molecular flexibility index (Phi) is 3.10. The fraction of sp³-hybridized carbons (Fsp3) is 0.333. The minimum Gasteiger partial charge on any atom is -0.497 e. The molecular weight excluding hydrogens is 222 g/mol. The second-order valence-electron chi connectivity index (χ2n) is 4.02. The van der Waals surface area contributed by atoms with E-state index >= 15 is 0 Å². The summed E-state index contributed by atoms with van der Waals surface area (Å²) in [6.07, 6.45) is 0.401. The van der Waals surface area contributed by atoms with Gasteiger partial charge in [0.25, 0.3) is 0 Å². The lowest BCUT2D eigenvalue weighted by Gasteiger charge is -2.10. The average Bonchev–Trinajstić information content (AvgIpc) is 2.65. The maximum absolute atomic E-state index is 11.7. The molecule has 1 amide bonds. The Morgan fingerprint density at radius 1 is 1.59 bits per heavy atom. The minimum atomic E-state index is -0.488. The van der Waals surface area contributed by atoms with Crippen molar-refractivity contribution in [2.24, 2.45) is 0 Å². The number of methoxy groups -OCH3 is 1. The highest BCUT2D eigenvalue weighted by Crippen LogP contribution is 2.37. The number of benzene rings is 1. The van der Waals surface area contributed by atoms with Crippen molar-refractivity contribution in [2.45, 2.75) is 18.8 Å². The van der Waals surface area contributed by atoms with Gasteiger partial charge in [0, 0.05) is 24.3 Å². The normalized spacial score (nSPS) is 17.8. The van der Waals surface area contributed by atoms with E-state index in [0.717, 1.165) is 5.56 Å². The predicted molar refractivity (Wildman–Crippen MR) is 59.2 cm³/mol. The summed E-state index contributed by atoms with van der Waals surface area (Å²) in [6, 6.07) is 5.22. The van der Waals surface area contributed by atoms with Crippen LogP contribution in [0.15, 0.2) is 18.2 Å². The molecule has 1 unspecified atom stereocenters. The Morgan fingerprint density at radius 2 is 2.35 bits per heavy atom. The Morgan fingerprint density at radius 3 is 3.00 bits per heavy atom. The number of Topliss-reactive ketones (excluding diaryl/α,β-unsaturated/α-hetero) is 1. The van der Waals surface area contributed by atoms with Gasteiger partial charge in [-0.1, -0.05) is 0 Å². The predicted octanol–water partition coefficient (Wildman–Crippen LogP) is 1.26. The first-order chi connectivity index (χ1) is 8.15. The third-order valence-electron chi connectivity index (χ3n) is 2.99. The van der Waals surface area contributed by atoms with Crippen LogP contribution in [0.25, 0.3) is 0 Å². The van der Waals surface area contributed by atoms with E-state index in [-0.39, 0.29) is 18.1 Å². The molecule has 0 fully saturated rings. The summed E-state index contributed by atoms with van der Waals surface area (Å²) in [5.74, 6) is 0.0180. The van der Waals surface area contributed by atoms with Crippen LogP contribution in [0.3, 0.4) is 0 Å². The lowest BCUT2D eigenvalue weighted by molar-refractivity contribution is -0.129. The van der Waals surface area contributed by atoms with Crippen LogP contribution >= 0.6 is 0 Å². The molecule has 0 radical (unpaired) electrons. The molecule has 0 bridgehead atoms. The quantitative estimate of drug-likeness (QED) is 0.611. The molecule has 1 atom stereocenters. The largest absolute Gasteiger partial charge is 0.497 e. The van der Waals surface area contributed by atoms with Gasteiger partial charge < -0.3 is 4.74 Å². The van der Waals surface area contributed by atoms with Gasteiger partial charge in [-0.3, -0.25) is 14.8 Å². The third-order valence-corrected chi connectivity index (χ3v) is 2.99. The molecule has 0 aromatic heterocycles. The first-order valence-corrected chi connectivity index (χ1v) is 5.29. The Labute approximate surface area is 98.3 Å². The lowest BCUT2D eigenvalue weighted by atomic mass is 9.97. The highest BCUT2D eigenvalue weighted by molar-refractivity contribution is 6.02. The van der Waals surface area contributed by atoms with E-state index < -0.39 is 5.91 Å². The van der Waals surface area contributed by atoms with Gasteiger partial charge in [-0.25, -0.2) is 5.48 Å². The standard InChI is InChI=1S/C12H13NO4/c1-17-8-2-3-9-10(6-8)7(4-11(9)14)5-12(15)13-16/h2-3,6-7,16H,4-5H2,1H3,(H,13,15).